The van der Waals surface area contributed by atoms with Gasteiger partial charge in [0.15, 0.2) is 0 Å². The van der Waals surface area contributed by atoms with Gasteiger partial charge in [0, 0.05) is 23.5 Å². The van der Waals surface area contributed by atoms with Gasteiger partial charge in [0.2, 0.25) is 5.91 Å². The number of nitrogens with zero attached hydrogens (tertiary/aromatic N) is 1. The first-order valence-electron chi connectivity index (χ1n) is 5.92. The van der Waals surface area contributed by atoms with E-state index in [9.17, 15) is 4.79 Å². The second-order valence-electron chi connectivity index (χ2n) is 4.33. The first kappa shape index (κ1) is 13.1. The fourth-order valence-electron chi connectivity index (χ4n) is 1.61. The van der Waals surface area contributed by atoms with Gasteiger partial charge in [-0.2, -0.15) is 5.26 Å². The van der Waals surface area contributed by atoms with Crippen molar-refractivity contribution in [3.8, 4) is 6.07 Å². The Kier molecular flexibility index (Phi) is 4.34. The number of nitrogens with one attached hydrogen (secondary N) is 2. The van der Waals surface area contributed by atoms with Gasteiger partial charge in [0.25, 0.3) is 0 Å². The third-order valence-electron chi connectivity index (χ3n) is 2.74. The van der Waals surface area contributed by atoms with Crippen molar-refractivity contribution in [3.63, 3.8) is 0 Å². The van der Waals surface area contributed by atoms with Crippen LogP contribution in [0.1, 0.15) is 24.8 Å². The van der Waals surface area contributed by atoms with Gasteiger partial charge < -0.3 is 10.6 Å². The van der Waals surface area contributed by atoms with Crippen LogP contribution in [0.5, 0.6) is 0 Å². The number of hydrogen-bond acceptors (Lipinski definition) is 3. The monoisotopic (exact) mass is 307 g/mol. The third-order valence-corrected chi connectivity index (χ3v) is 3.23. The Labute approximate surface area is 115 Å². The van der Waals surface area contributed by atoms with E-state index in [1.807, 2.05) is 0 Å². The number of carbonyl (C=O) groups is 1. The summed E-state index contributed by atoms with van der Waals surface area (Å²) in [5, 5.41) is 15.0. The average Bonchev–Trinajstić information content (AvgIpc) is 3.13. The summed E-state index contributed by atoms with van der Waals surface area (Å²) in [6.07, 6.45) is 2.85. The molecular formula is C13H14BrN3O. The van der Waals surface area contributed by atoms with Crippen LogP contribution >= 0.6 is 15.9 Å². The number of rotatable bonds is 5. The Bertz CT molecular complexity index is 491. The molecule has 4 nitrogen and oxygen atoms in total. The Hall–Kier alpha value is -1.38. The van der Waals surface area contributed by atoms with E-state index in [4.69, 9.17) is 5.26 Å². The molecule has 1 aromatic carbocycles. The number of halogens is 1. The Morgan fingerprint density at radius 2 is 2.28 bits per heavy atom. The lowest BCUT2D eigenvalue weighted by atomic mass is 10.2. The van der Waals surface area contributed by atoms with Crippen molar-refractivity contribution in [3.05, 3.63) is 28.2 Å². The molecule has 2 rings (SSSR count). The summed E-state index contributed by atoms with van der Waals surface area (Å²) in [4.78, 5) is 11.7. The third kappa shape index (κ3) is 3.83. The molecule has 94 valence electrons. The van der Waals surface area contributed by atoms with Gasteiger partial charge in [-0.3, -0.25) is 4.79 Å². The van der Waals surface area contributed by atoms with E-state index in [0.717, 1.165) is 4.47 Å². The molecule has 0 radical (unpaired) electrons. The SMILES string of the molecule is N#Cc1ccc(Br)cc1NC(=O)CCNC1CC1. The lowest BCUT2D eigenvalue weighted by Gasteiger charge is -2.08. The lowest BCUT2D eigenvalue weighted by molar-refractivity contribution is -0.116. The molecular weight excluding hydrogens is 294 g/mol. The number of amides is 1. The Morgan fingerprint density at radius 1 is 1.50 bits per heavy atom. The summed E-state index contributed by atoms with van der Waals surface area (Å²) >= 11 is 3.32. The summed E-state index contributed by atoms with van der Waals surface area (Å²) < 4.78 is 0.841. The molecule has 1 amide bonds. The molecule has 1 aromatic rings. The average molecular weight is 308 g/mol. The van der Waals surface area contributed by atoms with Crippen molar-refractivity contribution in [1.29, 1.82) is 5.26 Å². The van der Waals surface area contributed by atoms with E-state index < -0.39 is 0 Å². The topological polar surface area (TPSA) is 64.9 Å². The van der Waals surface area contributed by atoms with Crippen LogP contribution in [0.25, 0.3) is 0 Å². The van der Waals surface area contributed by atoms with Gasteiger partial charge in [-0.15, -0.1) is 0 Å². The molecule has 1 fully saturated rings. The van der Waals surface area contributed by atoms with Crippen LogP contribution in [0, 0.1) is 11.3 Å². The highest BCUT2D eigenvalue weighted by Crippen LogP contribution is 2.21. The van der Waals surface area contributed by atoms with E-state index in [1.165, 1.54) is 12.8 Å². The first-order valence-corrected chi connectivity index (χ1v) is 6.71. The van der Waals surface area contributed by atoms with Crippen LogP contribution in [-0.2, 0) is 4.79 Å². The minimum absolute atomic E-state index is 0.0715. The zero-order chi connectivity index (χ0) is 13.0. The van der Waals surface area contributed by atoms with Gasteiger partial charge in [0.1, 0.15) is 6.07 Å². The highest BCUT2D eigenvalue weighted by Gasteiger charge is 2.20. The minimum Gasteiger partial charge on any atom is -0.325 e. The van der Waals surface area contributed by atoms with E-state index in [1.54, 1.807) is 18.2 Å². The molecule has 0 aromatic heterocycles. The van der Waals surface area contributed by atoms with Gasteiger partial charge in [-0.05, 0) is 31.0 Å². The number of anilines is 1. The van der Waals surface area contributed by atoms with Crippen molar-refractivity contribution in [2.24, 2.45) is 0 Å². The number of hydrogen-bond donors (Lipinski definition) is 2. The van der Waals surface area contributed by atoms with Crippen LogP contribution in [0.15, 0.2) is 22.7 Å². The van der Waals surface area contributed by atoms with Gasteiger partial charge in [-0.1, -0.05) is 15.9 Å². The summed E-state index contributed by atoms with van der Waals surface area (Å²) in [7, 11) is 0. The van der Waals surface area contributed by atoms with Crippen LogP contribution < -0.4 is 10.6 Å². The molecule has 0 unspecified atom stereocenters. The normalized spacial score (nSPS) is 14.0. The second-order valence-corrected chi connectivity index (χ2v) is 5.24. The van der Waals surface area contributed by atoms with E-state index in [0.29, 0.717) is 30.3 Å². The van der Waals surface area contributed by atoms with Crippen molar-refractivity contribution in [2.45, 2.75) is 25.3 Å². The van der Waals surface area contributed by atoms with E-state index in [2.05, 4.69) is 32.6 Å². The van der Waals surface area contributed by atoms with Crippen molar-refractivity contribution in [1.82, 2.24) is 5.32 Å². The molecule has 0 aliphatic heterocycles. The lowest BCUT2D eigenvalue weighted by Crippen LogP contribution is -2.23. The number of carbonyl (C=O) groups excluding carboxylic acids is 1. The summed E-state index contributed by atoms with van der Waals surface area (Å²) in [5.41, 5.74) is 1.03. The maximum Gasteiger partial charge on any atom is 0.225 e. The Morgan fingerprint density at radius 3 is 2.94 bits per heavy atom. The quantitative estimate of drug-likeness (QED) is 0.878. The molecule has 5 heteroatoms. The fraction of sp³-hybridized carbons (Fsp3) is 0.385. The van der Waals surface area contributed by atoms with Crippen molar-refractivity contribution in [2.75, 3.05) is 11.9 Å². The van der Waals surface area contributed by atoms with E-state index >= 15 is 0 Å². The standard InChI is InChI=1S/C13H14BrN3O/c14-10-2-1-9(8-15)12(7-10)17-13(18)5-6-16-11-3-4-11/h1-2,7,11,16H,3-6H2,(H,17,18). The second kappa shape index (κ2) is 5.98. The first-order chi connectivity index (χ1) is 8.69. The summed E-state index contributed by atoms with van der Waals surface area (Å²) in [6, 6.07) is 7.88. The minimum atomic E-state index is -0.0715. The van der Waals surface area contributed by atoms with Crippen molar-refractivity contribution < 1.29 is 4.79 Å². The van der Waals surface area contributed by atoms with Crippen molar-refractivity contribution >= 4 is 27.5 Å². The molecule has 1 saturated carbocycles. The smallest absolute Gasteiger partial charge is 0.225 e. The van der Waals surface area contributed by atoms with Gasteiger partial charge in [0.05, 0.1) is 11.3 Å². The highest BCUT2D eigenvalue weighted by molar-refractivity contribution is 9.10. The molecule has 18 heavy (non-hydrogen) atoms. The zero-order valence-corrected chi connectivity index (χ0v) is 11.5. The van der Waals surface area contributed by atoms with Crippen LogP contribution in [0.3, 0.4) is 0 Å². The van der Waals surface area contributed by atoms with E-state index in [-0.39, 0.29) is 5.91 Å². The Balaban J connectivity index is 1.88. The molecule has 0 heterocycles. The molecule has 0 atom stereocenters. The highest BCUT2D eigenvalue weighted by atomic mass is 79.9. The maximum absolute atomic E-state index is 11.7. The largest absolute Gasteiger partial charge is 0.325 e. The predicted molar refractivity (Wildman–Crippen MR) is 73.1 cm³/mol. The molecule has 1 aliphatic rings. The molecule has 1 aliphatic carbocycles. The fourth-order valence-corrected chi connectivity index (χ4v) is 1.97. The number of nitriles is 1. The molecule has 0 bridgehead atoms. The summed E-state index contributed by atoms with van der Waals surface area (Å²) in [5.74, 6) is -0.0715. The van der Waals surface area contributed by atoms with Gasteiger partial charge >= 0.3 is 0 Å². The molecule has 0 saturated heterocycles. The van der Waals surface area contributed by atoms with Crippen LogP contribution in [-0.4, -0.2) is 18.5 Å². The van der Waals surface area contributed by atoms with Crippen LogP contribution in [0.4, 0.5) is 5.69 Å². The van der Waals surface area contributed by atoms with Gasteiger partial charge in [-0.25, -0.2) is 0 Å². The summed E-state index contributed by atoms with van der Waals surface area (Å²) in [6.45, 7) is 0.687. The maximum atomic E-state index is 11.7. The zero-order valence-electron chi connectivity index (χ0n) is 9.87. The van der Waals surface area contributed by atoms with Crippen LogP contribution in [0.2, 0.25) is 0 Å². The molecule has 0 spiro atoms. The molecule has 2 N–H and O–H groups in total. The predicted octanol–water partition coefficient (Wildman–Crippen LogP) is 2.40. The number of benzene rings is 1.